The van der Waals surface area contributed by atoms with Gasteiger partial charge in [-0.1, -0.05) is 6.08 Å². The number of allylic oxidation sites excluding steroid dienone is 1. The van der Waals surface area contributed by atoms with Gasteiger partial charge >= 0.3 is 0 Å². The van der Waals surface area contributed by atoms with Crippen LogP contribution in [0, 0.1) is 0 Å². The van der Waals surface area contributed by atoms with Crippen molar-refractivity contribution < 1.29 is 13.2 Å². The number of sulfonamides is 1. The van der Waals surface area contributed by atoms with Crippen molar-refractivity contribution in [1.82, 2.24) is 14.3 Å². The first kappa shape index (κ1) is 13.8. The predicted molar refractivity (Wildman–Crippen MR) is 69.9 cm³/mol. The molecular weight excluding hydrogens is 266 g/mol. The van der Waals surface area contributed by atoms with Crippen LogP contribution >= 0.6 is 0 Å². The molecule has 1 N–H and O–H groups in total. The Hall–Kier alpha value is -1.63. The highest BCUT2D eigenvalue weighted by Gasteiger charge is 2.23. The smallest absolute Gasteiger partial charge is 0.283 e. The van der Waals surface area contributed by atoms with E-state index in [2.05, 4.69) is 9.71 Å². The van der Waals surface area contributed by atoms with Crippen LogP contribution < -0.4 is 4.72 Å². The fourth-order valence-electron chi connectivity index (χ4n) is 1.86. The second-order valence-corrected chi connectivity index (χ2v) is 6.44. The molecule has 7 heteroatoms. The van der Waals surface area contributed by atoms with Gasteiger partial charge in [0.05, 0.1) is 6.33 Å². The average Bonchev–Trinajstić information content (AvgIpc) is 3.00. The zero-order chi connectivity index (χ0) is 14.0. The minimum absolute atomic E-state index is 0.115. The molecule has 104 valence electrons. The number of amides is 1. The molecule has 0 atom stereocenters. The van der Waals surface area contributed by atoms with Crippen LogP contribution in [0.25, 0.3) is 0 Å². The molecule has 0 radical (unpaired) electrons. The van der Waals surface area contributed by atoms with Gasteiger partial charge in [0.2, 0.25) is 0 Å². The highest BCUT2D eigenvalue weighted by Crippen LogP contribution is 2.18. The van der Waals surface area contributed by atoms with Crippen LogP contribution in [0.5, 0.6) is 0 Å². The first-order chi connectivity index (χ1) is 8.90. The summed E-state index contributed by atoms with van der Waals surface area (Å²) >= 11 is 0. The number of hydrogen-bond donors (Lipinski definition) is 1. The van der Waals surface area contributed by atoms with E-state index in [1.54, 1.807) is 10.6 Å². The molecule has 19 heavy (non-hydrogen) atoms. The number of carbonyl (C=O) groups is 1. The Morgan fingerprint density at radius 3 is 2.74 bits per heavy atom. The molecule has 0 spiro atoms. The molecule has 1 aliphatic rings. The van der Waals surface area contributed by atoms with Gasteiger partial charge in [0.25, 0.3) is 15.9 Å². The van der Waals surface area contributed by atoms with Crippen molar-refractivity contribution in [2.45, 2.75) is 44.2 Å². The van der Waals surface area contributed by atoms with E-state index in [1.165, 1.54) is 12.5 Å². The maximum absolute atomic E-state index is 12.0. The Morgan fingerprint density at radius 1 is 1.47 bits per heavy atom. The van der Waals surface area contributed by atoms with Crippen LogP contribution in [0.2, 0.25) is 0 Å². The third-order valence-corrected chi connectivity index (χ3v) is 4.22. The summed E-state index contributed by atoms with van der Waals surface area (Å²) in [6.07, 6.45) is 6.98. The van der Waals surface area contributed by atoms with Crippen molar-refractivity contribution in [3.63, 3.8) is 0 Å². The lowest BCUT2D eigenvalue weighted by atomic mass is 10.2. The number of nitrogens with one attached hydrogen (secondary N) is 1. The first-order valence-corrected chi connectivity index (χ1v) is 7.68. The molecule has 0 fully saturated rings. The largest absolute Gasteiger partial charge is 0.334 e. The second-order valence-electron chi connectivity index (χ2n) is 4.81. The third-order valence-electron chi connectivity index (χ3n) is 3.01. The number of nitrogens with zero attached hydrogens (tertiary/aromatic N) is 2. The lowest BCUT2D eigenvalue weighted by molar-refractivity contribution is -0.115. The number of rotatable bonds is 4. The minimum Gasteiger partial charge on any atom is -0.334 e. The zero-order valence-corrected chi connectivity index (χ0v) is 11.8. The molecular formula is C12H17N3O3S. The molecule has 0 unspecified atom stereocenters. The molecule has 1 aliphatic carbocycles. The Labute approximate surface area is 112 Å². The highest BCUT2D eigenvalue weighted by molar-refractivity contribution is 7.90. The summed E-state index contributed by atoms with van der Waals surface area (Å²) in [5, 5.41) is -0.131. The van der Waals surface area contributed by atoms with E-state index in [9.17, 15) is 13.2 Å². The normalized spacial score (nSPS) is 15.6. The summed E-state index contributed by atoms with van der Waals surface area (Å²) in [6.45, 7) is 3.83. The molecule has 0 aromatic carbocycles. The zero-order valence-electron chi connectivity index (χ0n) is 11.0. The van der Waals surface area contributed by atoms with Gasteiger partial charge in [-0.15, -0.1) is 0 Å². The van der Waals surface area contributed by atoms with Gasteiger partial charge in [-0.3, -0.25) is 4.79 Å². The summed E-state index contributed by atoms with van der Waals surface area (Å²) in [4.78, 5) is 15.6. The van der Waals surface area contributed by atoms with Crippen molar-refractivity contribution >= 4 is 15.9 Å². The van der Waals surface area contributed by atoms with Crippen molar-refractivity contribution in [2.24, 2.45) is 0 Å². The standard InChI is InChI=1S/C12H17N3O3S/c1-9(2)15-7-11(13-8-15)19(17,18)14-12(16)10-5-3-4-6-10/h5,7-9H,3-4,6H2,1-2H3,(H,14,16). The van der Waals surface area contributed by atoms with Gasteiger partial charge in [0.15, 0.2) is 5.03 Å². The summed E-state index contributed by atoms with van der Waals surface area (Å²) in [5.74, 6) is -0.545. The van der Waals surface area contributed by atoms with Crippen LogP contribution in [0.4, 0.5) is 0 Å². The Bertz CT molecular complexity index is 614. The molecule has 1 heterocycles. The van der Waals surface area contributed by atoms with E-state index in [0.29, 0.717) is 12.0 Å². The molecule has 0 saturated heterocycles. The molecule has 1 amide bonds. The van der Waals surface area contributed by atoms with E-state index in [-0.39, 0.29) is 11.1 Å². The second kappa shape index (κ2) is 5.16. The fourth-order valence-corrected chi connectivity index (χ4v) is 2.78. The van der Waals surface area contributed by atoms with Crippen LogP contribution in [-0.4, -0.2) is 23.9 Å². The Balaban J connectivity index is 2.15. The minimum atomic E-state index is -3.88. The third kappa shape index (κ3) is 3.04. The first-order valence-electron chi connectivity index (χ1n) is 6.20. The van der Waals surface area contributed by atoms with E-state index in [1.807, 2.05) is 13.8 Å². The Morgan fingerprint density at radius 2 is 2.21 bits per heavy atom. The van der Waals surface area contributed by atoms with Crippen LogP contribution in [-0.2, 0) is 14.8 Å². The van der Waals surface area contributed by atoms with Crippen molar-refractivity contribution in [3.05, 3.63) is 24.2 Å². The van der Waals surface area contributed by atoms with Gasteiger partial charge in [-0.25, -0.2) is 9.71 Å². The van der Waals surface area contributed by atoms with Gasteiger partial charge in [0, 0.05) is 17.8 Å². The van der Waals surface area contributed by atoms with Crippen molar-refractivity contribution in [2.75, 3.05) is 0 Å². The molecule has 2 rings (SSSR count). The summed E-state index contributed by atoms with van der Waals surface area (Å²) in [6, 6.07) is 0.115. The lowest BCUT2D eigenvalue weighted by Crippen LogP contribution is -2.31. The number of imidazole rings is 1. The van der Waals surface area contributed by atoms with E-state index in [0.717, 1.165) is 12.8 Å². The monoisotopic (exact) mass is 283 g/mol. The molecule has 0 saturated carbocycles. The van der Waals surface area contributed by atoms with Crippen LogP contribution in [0.1, 0.15) is 39.2 Å². The van der Waals surface area contributed by atoms with Crippen molar-refractivity contribution in [1.29, 1.82) is 0 Å². The maximum Gasteiger partial charge on any atom is 0.283 e. The van der Waals surface area contributed by atoms with Crippen LogP contribution in [0.3, 0.4) is 0 Å². The average molecular weight is 283 g/mol. The SMILES string of the molecule is CC(C)n1cnc(S(=O)(=O)NC(=O)C2=CCCC2)c1. The maximum atomic E-state index is 12.0. The highest BCUT2D eigenvalue weighted by atomic mass is 32.2. The molecule has 1 aromatic heterocycles. The van der Waals surface area contributed by atoms with E-state index < -0.39 is 15.9 Å². The molecule has 0 aliphatic heterocycles. The summed E-state index contributed by atoms with van der Waals surface area (Å²) < 4.78 is 27.7. The number of aromatic nitrogens is 2. The predicted octanol–water partition coefficient (Wildman–Crippen LogP) is 1.38. The number of carbonyl (C=O) groups excluding carboxylic acids is 1. The van der Waals surface area contributed by atoms with Gasteiger partial charge < -0.3 is 4.57 Å². The van der Waals surface area contributed by atoms with Crippen LogP contribution in [0.15, 0.2) is 29.2 Å². The molecule has 1 aromatic rings. The van der Waals surface area contributed by atoms with E-state index >= 15 is 0 Å². The summed E-state index contributed by atoms with van der Waals surface area (Å²) in [7, 11) is -3.88. The van der Waals surface area contributed by atoms with Crippen molar-refractivity contribution in [3.8, 4) is 0 Å². The molecule has 6 nitrogen and oxygen atoms in total. The van der Waals surface area contributed by atoms with Gasteiger partial charge in [-0.05, 0) is 33.1 Å². The molecule has 0 bridgehead atoms. The topological polar surface area (TPSA) is 81.1 Å². The fraction of sp³-hybridized carbons (Fsp3) is 0.500. The van der Waals surface area contributed by atoms with Gasteiger partial charge in [-0.2, -0.15) is 8.42 Å². The quantitative estimate of drug-likeness (QED) is 0.905. The number of hydrogen-bond acceptors (Lipinski definition) is 4. The summed E-state index contributed by atoms with van der Waals surface area (Å²) in [5.41, 5.74) is 0.534. The van der Waals surface area contributed by atoms with E-state index in [4.69, 9.17) is 0 Å². The van der Waals surface area contributed by atoms with Gasteiger partial charge in [0.1, 0.15) is 0 Å². The Kier molecular flexibility index (Phi) is 3.75. The lowest BCUT2D eigenvalue weighted by Gasteiger charge is -2.06.